The predicted molar refractivity (Wildman–Crippen MR) is 80.9 cm³/mol. The molecule has 3 heterocycles. The number of nitriles is 3. The van der Waals surface area contributed by atoms with Gasteiger partial charge in [0.25, 0.3) is 0 Å². The van der Waals surface area contributed by atoms with Gasteiger partial charge in [0, 0.05) is 7.05 Å². The molecule has 0 aromatic heterocycles. The molecule has 3 fully saturated rings. The highest BCUT2D eigenvalue weighted by Gasteiger charge is 2.56. The van der Waals surface area contributed by atoms with Crippen LogP contribution in [0.15, 0.2) is 11.4 Å². The van der Waals surface area contributed by atoms with Gasteiger partial charge in [-0.25, -0.2) is 0 Å². The van der Waals surface area contributed by atoms with Gasteiger partial charge in [0.15, 0.2) is 0 Å². The van der Waals surface area contributed by atoms with Gasteiger partial charge in [-0.05, 0) is 12.8 Å². The highest BCUT2D eigenvalue weighted by atomic mass is 15.5. The lowest BCUT2D eigenvalue weighted by Gasteiger charge is -2.42. The van der Waals surface area contributed by atoms with Crippen LogP contribution in [0.25, 0.3) is 0 Å². The minimum Gasteiger partial charge on any atom is -0.355 e. The van der Waals surface area contributed by atoms with Crippen molar-refractivity contribution in [2.45, 2.75) is 62.1 Å². The summed E-state index contributed by atoms with van der Waals surface area (Å²) in [5.74, 6) is 0.981. The molecule has 7 heteroatoms. The maximum absolute atomic E-state index is 9.71. The zero-order valence-electron chi connectivity index (χ0n) is 13.0. The summed E-state index contributed by atoms with van der Waals surface area (Å²) < 4.78 is 0. The Kier molecular flexibility index (Phi) is 3.20. The summed E-state index contributed by atoms with van der Waals surface area (Å²) in [7, 11) is 2.07. The van der Waals surface area contributed by atoms with Gasteiger partial charge in [-0.3, -0.25) is 10.6 Å². The SMILES string of the molecule is CN1C2=C(C#N)C3NC(C#N)C(C#N)NC3N2C2CCCCC21. The van der Waals surface area contributed by atoms with Crippen molar-refractivity contribution in [2.24, 2.45) is 0 Å². The van der Waals surface area contributed by atoms with Crippen LogP contribution in [0.2, 0.25) is 0 Å². The van der Waals surface area contributed by atoms with Gasteiger partial charge in [0.1, 0.15) is 30.1 Å². The molecule has 0 radical (unpaired) electrons. The third-order valence-electron chi connectivity index (χ3n) is 5.74. The minimum absolute atomic E-state index is 0.121. The van der Waals surface area contributed by atoms with Crippen molar-refractivity contribution in [3.63, 3.8) is 0 Å². The van der Waals surface area contributed by atoms with E-state index in [1.54, 1.807) is 0 Å². The topological polar surface area (TPSA) is 102 Å². The second-order valence-corrected chi connectivity index (χ2v) is 6.76. The molecule has 2 N–H and O–H groups in total. The van der Waals surface area contributed by atoms with Gasteiger partial charge < -0.3 is 9.80 Å². The Bertz CT molecular complexity index is 678. The van der Waals surface area contributed by atoms with Crippen molar-refractivity contribution in [1.29, 1.82) is 15.8 Å². The van der Waals surface area contributed by atoms with E-state index in [4.69, 9.17) is 0 Å². The fraction of sp³-hybridized carbons (Fsp3) is 0.688. The highest BCUT2D eigenvalue weighted by molar-refractivity contribution is 5.43. The molecule has 118 valence electrons. The molecule has 6 atom stereocenters. The van der Waals surface area contributed by atoms with Gasteiger partial charge in [-0.15, -0.1) is 0 Å². The Morgan fingerprint density at radius 2 is 1.65 bits per heavy atom. The van der Waals surface area contributed by atoms with Crippen LogP contribution >= 0.6 is 0 Å². The molecule has 0 bridgehead atoms. The second kappa shape index (κ2) is 5.13. The largest absolute Gasteiger partial charge is 0.355 e. The molecule has 1 aliphatic carbocycles. The van der Waals surface area contributed by atoms with Crippen LogP contribution in [-0.2, 0) is 0 Å². The molecule has 2 saturated heterocycles. The average molecular weight is 309 g/mol. The van der Waals surface area contributed by atoms with Crippen molar-refractivity contribution >= 4 is 0 Å². The van der Waals surface area contributed by atoms with Crippen molar-refractivity contribution in [2.75, 3.05) is 7.05 Å². The highest BCUT2D eigenvalue weighted by Crippen LogP contribution is 2.45. The molecule has 0 amide bonds. The maximum Gasteiger partial charge on any atom is 0.126 e. The van der Waals surface area contributed by atoms with Crippen LogP contribution in [0.1, 0.15) is 25.7 Å². The average Bonchev–Trinajstić information content (AvgIpc) is 3.07. The number of likely N-dealkylation sites (N-methyl/N-ethyl adjacent to an activating group) is 1. The molecule has 0 aromatic rings. The number of nitrogens with zero attached hydrogens (tertiary/aromatic N) is 5. The first-order valence-electron chi connectivity index (χ1n) is 8.18. The lowest BCUT2D eigenvalue weighted by atomic mass is 9.89. The van der Waals surface area contributed by atoms with E-state index in [0.29, 0.717) is 17.7 Å². The molecule has 0 spiro atoms. The number of hydrogen-bond acceptors (Lipinski definition) is 7. The number of nitrogens with one attached hydrogen (secondary N) is 2. The van der Waals surface area contributed by atoms with Crippen molar-refractivity contribution in [3.8, 4) is 18.2 Å². The summed E-state index contributed by atoms with van der Waals surface area (Å²) in [4.78, 5) is 4.55. The van der Waals surface area contributed by atoms with Crippen LogP contribution in [0.3, 0.4) is 0 Å². The first kappa shape index (κ1) is 14.3. The Morgan fingerprint density at radius 1 is 1.00 bits per heavy atom. The third-order valence-corrected chi connectivity index (χ3v) is 5.74. The Balaban J connectivity index is 1.76. The zero-order chi connectivity index (χ0) is 16.1. The van der Waals surface area contributed by atoms with E-state index in [0.717, 1.165) is 18.7 Å². The molecule has 23 heavy (non-hydrogen) atoms. The van der Waals surface area contributed by atoms with E-state index in [1.807, 2.05) is 0 Å². The summed E-state index contributed by atoms with van der Waals surface area (Å²) in [5.41, 5.74) is 0.691. The zero-order valence-corrected chi connectivity index (χ0v) is 13.0. The molecule has 7 nitrogen and oxygen atoms in total. The third kappa shape index (κ3) is 1.80. The van der Waals surface area contributed by atoms with Gasteiger partial charge in [-0.2, -0.15) is 15.8 Å². The maximum atomic E-state index is 9.71. The van der Waals surface area contributed by atoms with Crippen molar-refractivity contribution in [3.05, 3.63) is 11.4 Å². The summed E-state index contributed by atoms with van der Waals surface area (Å²) in [6, 6.07) is 6.10. The van der Waals surface area contributed by atoms with Gasteiger partial charge in [-0.1, -0.05) is 12.8 Å². The standard InChI is InChI=1S/C16H19N7/c1-22-12-4-2-3-5-13(12)23-15-14(9(6-17)16(22)23)20-10(7-18)11(8-19)21-15/h10-15,20-21H,2-5H2,1H3. The molecular weight excluding hydrogens is 290 g/mol. The summed E-state index contributed by atoms with van der Waals surface area (Å²) >= 11 is 0. The van der Waals surface area contributed by atoms with Gasteiger partial charge in [0.05, 0.1) is 35.8 Å². The molecule has 6 unspecified atom stereocenters. The van der Waals surface area contributed by atoms with Crippen LogP contribution in [-0.4, -0.2) is 53.2 Å². The van der Waals surface area contributed by atoms with Crippen molar-refractivity contribution < 1.29 is 0 Å². The lowest BCUT2D eigenvalue weighted by molar-refractivity contribution is 0.116. The van der Waals surface area contributed by atoms with E-state index < -0.39 is 12.1 Å². The number of hydrogen-bond donors (Lipinski definition) is 2. The van der Waals surface area contributed by atoms with E-state index in [9.17, 15) is 15.8 Å². The second-order valence-electron chi connectivity index (χ2n) is 6.76. The molecule has 1 saturated carbocycles. The molecule has 4 rings (SSSR count). The van der Waals surface area contributed by atoms with Crippen LogP contribution in [0.5, 0.6) is 0 Å². The quantitative estimate of drug-likeness (QED) is 0.647. The van der Waals surface area contributed by atoms with Crippen LogP contribution < -0.4 is 10.6 Å². The summed E-state index contributed by atoms with van der Waals surface area (Å²) in [5, 5.41) is 34.9. The summed E-state index contributed by atoms with van der Waals surface area (Å²) in [6.07, 6.45) is 4.57. The van der Waals surface area contributed by atoms with Gasteiger partial charge >= 0.3 is 0 Å². The fourth-order valence-electron chi connectivity index (χ4n) is 4.75. The van der Waals surface area contributed by atoms with E-state index >= 15 is 0 Å². The first-order chi connectivity index (χ1) is 11.2. The number of piperazine rings is 1. The van der Waals surface area contributed by atoms with Gasteiger partial charge in [0.2, 0.25) is 0 Å². The monoisotopic (exact) mass is 309 g/mol. The predicted octanol–water partition coefficient (Wildman–Crippen LogP) is -0.0344. The molecule has 4 aliphatic rings. The molecule has 3 aliphatic heterocycles. The lowest BCUT2D eigenvalue weighted by Crippen LogP contribution is -2.68. The van der Waals surface area contributed by atoms with Crippen molar-refractivity contribution in [1.82, 2.24) is 20.4 Å². The first-order valence-corrected chi connectivity index (χ1v) is 8.18. The van der Waals surface area contributed by atoms with Crippen LogP contribution in [0, 0.1) is 34.0 Å². The smallest absolute Gasteiger partial charge is 0.126 e. The van der Waals surface area contributed by atoms with E-state index in [1.165, 1.54) is 12.8 Å². The molecular formula is C16H19N7. The Morgan fingerprint density at radius 3 is 2.30 bits per heavy atom. The number of rotatable bonds is 0. The normalized spacial score (nSPS) is 41.5. The fourth-order valence-corrected chi connectivity index (χ4v) is 4.75. The molecule has 0 aromatic carbocycles. The Hall–Kier alpha value is -2.27. The minimum atomic E-state index is -0.599. The number of fused-ring (bicyclic) bond motifs is 5. The summed E-state index contributed by atoms with van der Waals surface area (Å²) in [6.45, 7) is 0. The van der Waals surface area contributed by atoms with Crippen LogP contribution in [0.4, 0.5) is 0 Å². The van der Waals surface area contributed by atoms with E-state index in [2.05, 4.69) is 45.7 Å². The van der Waals surface area contributed by atoms with E-state index in [-0.39, 0.29) is 12.2 Å². The Labute approximate surface area is 135 Å².